The number of nitrogens with one attached hydrogen (secondary N) is 2. The predicted octanol–water partition coefficient (Wildman–Crippen LogP) is 2.51. The van der Waals surface area contributed by atoms with E-state index in [2.05, 4.69) is 15.5 Å². The minimum atomic E-state index is -0.0462. The first-order valence-corrected chi connectivity index (χ1v) is 7.86. The van der Waals surface area contributed by atoms with Crippen molar-refractivity contribution in [3.63, 3.8) is 0 Å². The Balaban J connectivity index is 2.11. The maximum atomic E-state index is 11.8. The topological polar surface area (TPSA) is 76.2 Å². The van der Waals surface area contributed by atoms with Gasteiger partial charge in [-0.3, -0.25) is 9.89 Å². The summed E-state index contributed by atoms with van der Waals surface area (Å²) in [6.07, 6.45) is 0. The molecule has 1 aliphatic heterocycles. The molecule has 1 aromatic heterocycles. The van der Waals surface area contributed by atoms with Gasteiger partial charge in [-0.25, -0.2) is 0 Å². The minimum absolute atomic E-state index is 0.0169. The largest absolute Gasteiger partial charge is 0.497 e. The van der Waals surface area contributed by atoms with E-state index in [0.29, 0.717) is 11.6 Å². The Bertz CT molecular complexity index is 692. The van der Waals surface area contributed by atoms with Crippen LogP contribution in [0.25, 0.3) is 0 Å². The van der Waals surface area contributed by atoms with Gasteiger partial charge in [-0.05, 0) is 24.6 Å². The molecule has 2 N–H and O–H groups in total. The fraction of sp³-hybridized carbons (Fsp3) is 0.333. The number of carbonyl (C=O) groups is 1. The summed E-state index contributed by atoms with van der Waals surface area (Å²) in [5.41, 5.74) is 2.95. The van der Waals surface area contributed by atoms with Gasteiger partial charge in [0.2, 0.25) is 5.91 Å². The lowest BCUT2D eigenvalue weighted by atomic mass is 10.0. The fourth-order valence-corrected chi connectivity index (χ4v) is 3.68. The SMILES string of the molecule is COc1cc(OC)cc(C2SCC(=O)Nc3n[nH]c(C)c32)c1. The van der Waals surface area contributed by atoms with E-state index in [-0.39, 0.29) is 11.2 Å². The van der Waals surface area contributed by atoms with Crippen LogP contribution in [0, 0.1) is 6.92 Å². The number of H-pyrrole nitrogens is 1. The highest BCUT2D eigenvalue weighted by Gasteiger charge is 2.28. The van der Waals surface area contributed by atoms with E-state index in [0.717, 1.165) is 28.3 Å². The van der Waals surface area contributed by atoms with Crippen LogP contribution in [0.3, 0.4) is 0 Å². The second-order valence-corrected chi connectivity index (χ2v) is 6.09. The molecule has 0 bridgehead atoms. The average Bonchev–Trinajstić information content (AvgIpc) is 2.79. The molecule has 0 radical (unpaired) electrons. The number of nitrogens with zero attached hydrogens (tertiary/aromatic N) is 1. The molecule has 7 heteroatoms. The number of thioether (sulfide) groups is 1. The number of aromatic nitrogens is 2. The molecular weight excluding hydrogens is 302 g/mol. The van der Waals surface area contributed by atoms with Gasteiger partial charge in [0.05, 0.1) is 25.2 Å². The van der Waals surface area contributed by atoms with Crippen molar-refractivity contribution in [1.29, 1.82) is 0 Å². The normalized spacial score (nSPS) is 17.4. The van der Waals surface area contributed by atoms with Crippen LogP contribution >= 0.6 is 11.8 Å². The molecule has 116 valence electrons. The highest BCUT2D eigenvalue weighted by atomic mass is 32.2. The number of aryl methyl sites for hydroxylation is 1. The summed E-state index contributed by atoms with van der Waals surface area (Å²) in [5, 5.41) is 9.96. The van der Waals surface area contributed by atoms with Crippen molar-refractivity contribution in [2.24, 2.45) is 0 Å². The Morgan fingerprint density at radius 2 is 1.91 bits per heavy atom. The quantitative estimate of drug-likeness (QED) is 0.909. The lowest BCUT2D eigenvalue weighted by Crippen LogP contribution is -2.12. The Morgan fingerprint density at radius 3 is 2.55 bits per heavy atom. The second-order valence-electron chi connectivity index (χ2n) is 5.00. The van der Waals surface area contributed by atoms with Crippen LogP contribution in [0.2, 0.25) is 0 Å². The summed E-state index contributed by atoms with van der Waals surface area (Å²) in [7, 11) is 3.25. The Labute approximate surface area is 132 Å². The van der Waals surface area contributed by atoms with Gasteiger partial charge in [0.15, 0.2) is 5.82 Å². The first kappa shape index (κ1) is 14.8. The lowest BCUT2D eigenvalue weighted by Gasteiger charge is -2.17. The average molecular weight is 319 g/mol. The van der Waals surface area contributed by atoms with E-state index in [1.54, 1.807) is 26.0 Å². The molecule has 3 rings (SSSR count). The van der Waals surface area contributed by atoms with Gasteiger partial charge >= 0.3 is 0 Å². The summed E-state index contributed by atoms with van der Waals surface area (Å²) >= 11 is 1.56. The smallest absolute Gasteiger partial charge is 0.235 e. The van der Waals surface area contributed by atoms with Gasteiger partial charge < -0.3 is 14.8 Å². The molecule has 1 aromatic carbocycles. The number of anilines is 1. The maximum Gasteiger partial charge on any atom is 0.235 e. The standard InChI is InChI=1S/C15H17N3O3S/c1-8-13-14(22-7-12(19)16-15(13)18-17-8)9-4-10(20-2)6-11(5-9)21-3/h4-6,14H,7H2,1-3H3,(H2,16,17,18,19). The number of rotatable bonds is 3. The van der Waals surface area contributed by atoms with Crippen molar-refractivity contribution >= 4 is 23.5 Å². The number of benzene rings is 1. The number of ether oxygens (including phenoxy) is 2. The number of methoxy groups -OCH3 is 2. The molecule has 1 atom stereocenters. The number of hydrogen-bond acceptors (Lipinski definition) is 5. The molecule has 6 nitrogen and oxygen atoms in total. The number of carbonyl (C=O) groups excluding carboxylic acids is 1. The number of hydrogen-bond donors (Lipinski definition) is 2. The first-order valence-electron chi connectivity index (χ1n) is 6.81. The van der Waals surface area contributed by atoms with E-state index < -0.39 is 0 Å². The zero-order valence-corrected chi connectivity index (χ0v) is 13.4. The highest BCUT2D eigenvalue weighted by Crippen LogP contribution is 2.44. The molecule has 0 fully saturated rings. The molecule has 0 aliphatic carbocycles. The Morgan fingerprint density at radius 1 is 1.23 bits per heavy atom. The number of amides is 1. The minimum Gasteiger partial charge on any atom is -0.497 e. The first-order chi connectivity index (χ1) is 10.6. The van der Waals surface area contributed by atoms with Crippen LogP contribution in [-0.2, 0) is 4.79 Å². The summed E-state index contributed by atoms with van der Waals surface area (Å²) in [5.74, 6) is 2.37. The summed E-state index contributed by atoms with van der Waals surface area (Å²) in [6, 6.07) is 5.76. The van der Waals surface area contributed by atoms with Crippen LogP contribution in [0.4, 0.5) is 5.82 Å². The van der Waals surface area contributed by atoms with Crippen molar-refractivity contribution in [3.8, 4) is 11.5 Å². The van der Waals surface area contributed by atoms with Gasteiger partial charge in [0.1, 0.15) is 11.5 Å². The molecule has 0 spiro atoms. The molecule has 1 aliphatic rings. The number of fused-ring (bicyclic) bond motifs is 1. The highest BCUT2D eigenvalue weighted by molar-refractivity contribution is 8.00. The van der Waals surface area contributed by atoms with Crippen molar-refractivity contribution in [2.45, 2.75) is 12.2 Å². The third-order valence-corrected chi connectivity index (χ3v) is 4.84. The van der Waals surface area contributed by atoms with Crippen LogP contribution in [0.15, 0.2) is 18.2 Å². The predicted molar refractivity (Wildman–Crippen MR) is 85.8 cm³/mol. The van der Waals surface area contributed by atoms with Gasteiger partial charge in [-0.1, -0.05) is 0 Å². The van der Waals surface area contributed by atoms with Crippen LogP contribution in [0.1, 0.15) is 22.1 Å². The van der Waals surface area contributed by atoms with E-state index >= 15 is 0 Å². The monoisotopic (exact) mass is 319 g/mol. The third kappa shape index (κ3) is 2.64. The van der Waals surface area contributed by atoms with Crippen molar-refractivity contribution in [2.75, 3.05) is 25.3 Å². The molecular formula is C15H17N3O3S. The summed E-state index contributed by atoms with van der Waals surface area (Å²) in [4.78, 5) is 11.8. The fourth-order valence-electron chi connectivity index (χ4n) is 2.51. The van der Waals surface area contributed by atoms with E-state index in [1.165, 1.54) is 0 Å². The third-order valence-electron chi connectivity index (χ3n) is 3.57. The molecule has 1 amide bonds. The van der Waals surface area contributed by atoms with Crippen LogP contribution < -0.4 is 14.8 Å². The second kappa shape index (κ2) is 5.92. The molecule has 0 saturated carbocycles. The zero-order valence-electron chi connectivity index (χ0n) is 12.6. The molecule has 2 heterocycles. The van der Waals surface area contributed by atoms with E-state index in [4.69, 9.17) is 9.47 Å². The van der Waals surface area contributed by atoms with Crippen LogP contribution in [-0.4, -0.2) is 36.1 Å². The summed E-state index contributed by atoms with van der Waals surface area (Å²) < 4.78 is 10.7. The zero-order chi connectivity index (χ0) is 15.7. The van der Waals surface area contributed by atoms with Gasteiger partial charge in [0, 0.05) is 17.3 Å². The summed E-state index contributed by atoms with van der Waals surface area (Å²) in [6.45, 7) is 1.95. The molecule has 0 saturated heterocycles. The van der Waals surface area contributed by atoms with E-state index in [1.807, 2.05) is 25.1 Å². The van der Waals surface area contributed by atoms with Crippen molar-refractivity contribution in [3.05, 3.63) is 35.0 Å². The van der Waals surface area contributed by atoms with Crippen molar-refractivity contribution in [1.82, 2.24) is 10.2 Å². The van der Waals surface area contributed by atoms with Crippen LogP contribution in [0.5, 0.6) is 11.5 Å². The molecule has 2 aromatic rings. The molecule has 1 unspecified atom stereocenters. The van der Waals surface area contributed by atoms with Gasteiger partial charge in [-0.15, -0.1) is 11.8 Å². The maximum absolute atomic E-state index is 11.8. The van der Waals surface area contributed by atoms with Gasteiger partial charge in [-0.2, -0.15) is 5.10 Å². The lowest BCUT2D eigenvalue weighted by molar-refractivity contribution is -0.113. The number of aromatic amines is 1. The Kier molecular flexibility index (Phi) is 3.98. The Hall–Kier alpha value is -2.15. The van der Waals surface area contributed by atoms with Gasteiger partial charge in [0.25, 0.3) is 0 Å². The van der Waals surface area contributed by atoms with Crippen molar-refractivity contribution < 1.29 is 14.3 Å². The molecule has 22 heavy (non-hydrogen) atoms. The van der Waals surface area contributed by atoms with E-state index in [9.17, 15) is 4.79 Å².